The van der Waals surface area contributed by atoms with Crippen molar-refractivity contribution in [3.8, 4) is 0 Å². The first-order chi connectivity index (χ1) is 7.75. The minimum Gasteiger partial charge on any atom is -0.385 e. The summed E-state index contributed by atoms with van der Waals surface area (Å²) in [5.74, 6) is 0.551. The van der Waals surface area contributed by atoms with Gasteiger partial charge in [-0.05, 0) is 18.6 Å². The Morgan fingerprint density at radius 1 is 1.44 bits per heavy atom. The van der Waals surface area contributed by atoms with Crippen LogP contribution in [0.5, 0.6) is 0 Å². The van der Waals surface area contributed by atoms with Crippen LogP contribution in [-0.4, -0.2) is 24.7 Å². The van der Waals surface area contributed by atoms with Crippen molar-refractivity contribution in [2.75, 3.05) is 25.1 Å². The zero-order chi connectivity index (χ0) is 11.4. The maximum atomic E-state index is 10.4. The molecule has 1 fully saturated rings. The molecule has 1 aromatic carbocycles. The molecule has 0 aromatic heterocycles. The van der Waals surface area contributed by atoms with Gasteiger partial charge in [0, 0.05) is 36.9 Å². The minimum atomic E-state index is -0.394. The molecule has 0 aliphatic carbocycles. The molecule has 16 heavy (non-hydrogen) atoms. The molecule has 5 heteroatoms. The standard InChI is InChI=1S/C11H14N2O3/c14-13(15)11-3-1-10(2-4-11)12-7-9-5-6-16-8-9/h1-4,9,12H,5-8H2. The van der Waals surface area contributed by atoms with Gasteiger partial charge in [-0.1, -0.05) is 0 Å². The monoisotopic (exact) mass is 222 g/mol. The van der Waals surface area contributed by atoms with Crippen LogP contribution in [0.15, 0.2) is 24.3 Å². The smallest absolute Gasteiger partial charge is 0.269 e. The van der Waals surface area contributed by atoms with E-state index in [4.69, 9.17) is 4.74 Å². The predicted molar refractivity (Wildman–Crippen MR) is 60.5 cm³/mol. The Morgan fingerprint density at radius 3 is 2.75 bits per heavy atom. The molecule has 1 aliphatic heterocycles. The van der Waals surface area contributed by atoms with Crippen LogP contribution < -0.4 is 5.32 Å². The number of anilines is 1. The van der Waals surface area contributed by atoms with E-state index in [1.165, 1.54) is 12.1 Å². The Kier molecular flexibility index (Phi) is 3.36. The molecular weight excluding hydrogens is 208 g/mol. The number of nitrogens with zero attached hydrogens (tertiary/aromatic N) is 1. The van der Waals surface area contributed by atoms with Crippen molar-refractivity contribution in [1.82, 2.24) is 0 Å². The molecule has 1 aliphatic rings. The van der Waals surface area contributed by atoms with E-state index in [2.05, 4.69) is 5.32 Å². The van der Waals surface area contributed by atoms with Gasteiger partial charge in [0.2, 0.25) is 0 Å². The van der Waals surface area contributed by atoms with Gasteiger partial charge in [0.25, 0.3) is 5.69 Å². The average Bonchev–Trinajstić information content (AvgIpc) is 2.80. The van der Waals surface area contributed by atoms with Crippen LogP contribution in [0.3, 0.4) is 0 Å². The molecule has 86 valence electrons. The van der Waals surface area contributed by atoms with Crippen LogP contribution in [0.1, 0.15) is 6.42 Å². The van der Waals surface area contributed by atoms with E-state index in [0.29, 0.717) is 5.92 Å². The number of benzene rings is 1. The fourth-order valence-electron chi connectivity index (χ4n) is 1.71. The number of ether oxygens (including phenoxy) is 1. The second-order valence-corrected chi connectivity index (χ2v) is 3.91. The summed E-state index contributed by atoms with van der Waals surface area (Å²) in [6.45, 7) is 2.50. The third kappa shape index (κ3) is 2.70. The Labute approximate surface area is 93.6 Å². The molecule has 1 atom stereocenters. The third-order valence-corrected chi connectivity index (χ3v) is 2.70. The van der Waals surface area contributed by atoms with E-state index >= 15 is 0 Å². The van der Waals surface area contributed by atoms with Gasteiger partial charge in [-0.3, -0.25) is 10.1 Å². The summed E-state index contributed by atoms with van der Waals surface area (Å²) < 4.78 is 5.27. The third-order valence-electron chi connectivity index (χ3n) is 2.70. The van der Waals surface area contributed by atoms with Gasteiger partial charge in [-0.2, -0.15) is 0 Å². The molecule has 5 nitrogen and oxygen atoms in total. The van der Waals surface area contributed by atoms with Gasteiger partial charge in [0.15, 0.2) is 0 Å². The summed E-state index contributed by atoms with van der Waals surface area (Å²) in [6, 6.07) is 6.48. The van der Waals surface area contributed by atoms with Crippen molar-refractivity contribution in [1.29, 1.82) is 0 Å². The summed E-state index contributed by atoms with van der Waals surface area (Å²) >= 11 is 0. The number of hydrogen-bond donors (Lipinski definition) is 1. The lowest BCUT2D eigenvalue weighted by atomic mass is 10.1. The number of nitro groups is 1. The van der Waals surface area contributed by atoms with Crippen molar-refractivity contribution in [2.45, 2.75) is 6.42 Å². The molecular formula is C11H14N2O3. The first-order valence-corrected chi connectivity index (χ1v) is 5.32. The van der Waals surface area contributed by atoms with Crippen LogP contribution in [-0.2, 0) is 4.74 Å². The largest absolute Gasteiger partial charge is 0.385 e. The molecule has 0 bridgehead atoms. The second kappa shape index (κ2) is 4.94. The number of nitro benzene ring substituents is 1. The van der Waals surface area contributed by atoms with Gasteiger partial charge >= 0.3 is 0 Å². The summed E-state index contributed by atoms with van der Waals surface area (Å²) in [5, 5.41) is 13.7. The normalized spacial score (nSPS) is 19.6. The Morgan fingerprint density at radius 2 is 2.19 bits per heavy atom. The molecule has 1 heterocycles. The number of nitrogens with one attached hydrogen (secondary N) is 1. The highest BCUT2D eigenvalue weighted by atomic mass is 16.6. The fraction of sp³-hybridized carbons (Fsp3) is 0.455. The van der Waals surface area contributed by atoms with Crippen LogP contribution >= 0.6 is 0 Å². The molecule has 1 saturated heterocycles. The van der Waals surface area contributed by atoms with E-state index in [1.807, 2.05) is 0 Å². The number of rotatable bonds is 4. The van der Waals surface area contributed by atoms with Gasteiger partial charge in [0.05, 0.1) is 11.5 Å². The molecule has 1 aromatic rings. The van der Waals surface area contributed by atoms with Crippen molar-refractivity contribution < 1.29 is 9.66 Å². The van der Waals surface area contributed by atoms with Crippen molar-refractivity contribution in [2.24, 2.45) is 5.92 Å². The van der Waals surface area contributed by atoms with Crippen LogP contribution in [0.2, 0.25) is 0 Å². The Balaban J connectivity index is 1.87. The maximum absolute atomic E-state index is 10.4. The van der Waals surface area contributed by atoms with Crippen LogP contribution in [0.4, 0.5) is 11.4 Å². The van der Waals surface area contributed by atoms with E-state index < -0.39 is 4.92 Å². The highest BCUT2D eigenvalue weighted by molar-refractivity contribution is 5.48. The zero-order valence-corrected chi connectivity index (χ0v) is 8.89. The lowest BCUT2D eigenvalue weighted by Crippen LogP contribution is -2.13. The highest BCUT2D eigenvalue weighted by Crippen LogP contribution is 2.17. The van der Waals surface area contributed by atoms with Gasteiger partial charge in [0.1, 0.15) is 0 Å². The van der Waals surface area contributed by atoms with E-state index in [-0.39, 0.29) is 5.69 Å². The number of non-ortho nitro benzene ring substituents is 1. The van der Waals surface area contributed by atoms with Gasteiger partial charge in [-0.25, -0.2) is 0 Å². The van der Waals surface area contributed by atoms with Crippen molar-refractivity contribution in [3.63, 3.8) is 0 Å². The first kappa shape index (κ1) is 10.9. The summed E-state index contributed by atoms with van der Waals surface area (Å²) in [7, 11) is 0. The lowest BCUT2D eigenvalue weighted by molar-refractivity contribution is -0.384. The first-order valence-electron chi connectivity index (χ1n) is 5.32. The van der Waals surface area contributed by atoms with Crippen molar-refractivity contribution >= 4 is 11.4 Å². The van der Waals surface area contributed by atoms with Crippen LogP contribution in [0, 0.1) is 16.0 Å². The van der Waals surface area contributed by atoms with Crippen LogP contribution in [0.25, 0.3) is 0 Å². The van der Waals surface area contributed by atoms with E-state index in [1.54, 1.807) is 12.1 Å². The van der Waals surface area contributed by atoms with E-state index in [0.717, 1.165) is 31.9 Å². The zero-order valence-electron chi connectivity index (χ0n) is 8.89. The fourth-order valence-corrected chi connectivity index (χ4v) is 1.71. The summed E-state index contributed by atoms with van der Waals surface area (Å²) in [4.78, 5) is 10.1. The highest BCUT2D eigenvalue weighted by Gasteiger charge is 2.15. The molecule has 0 amide bonds. The topological polar surface area (TPSA) is 64.4 Å². The Hall–Kier alpha value is -1.62. The SMILES string of the molecule is O=[N+]([O-])c1ccc(NCC2CCOC2)cc1. The lowest BCUT2D eigenvalue weighted by Gasteiger charge is -2.10. The number of hydrogen-bond acceptors (Lipinski definition) is 4. The maximum Gasteiger partial charge on any atom is 0.269 e. The molecule has 0 saturated carbocycles. The average molecular weight is 222 g/mol. The van der Waals surface area contributed by atoms with Crippen molar-refractivity contribution in [3.05, 3.63) is 34.4 Å². The van der Waals surface area contributed by atoms with Gasteiger partial charge < -0.3 is 10.1 Å². The minimum absolute atomic E-state index is 0.120. The molecule has 0 spiro atoms. The molecule has 1 N–H and O–H groups in total. The predicted octanol–water partition coefficient (Wildman–Crippen LogP) is 2.04. The van der Waals surface area contributed by atoms with E-state index in [9.17, 15) is 10.1 Å². The summed E-state index contributed by atoms with van der Waals surface area (Å²) in [6.07, 6.45) is 1.08. The van der Waals surface area contributed by atoms with Gasteiger partial charge in [-0.15, -0.1) is 0 Å². The molecule has 0 radical (unpaired) electrons. The second-order valence-electron chi connectivity index (χ2n) is 3.91. The molecule has 2 rings (SSSR count). The summed E-state index contributed by atoms with van der Waals surface area (Å²) in [5.41, 5.74) is 1.03. The quantitative estimate of drug-likeness (QED) is 0.625. The molecule has 1 unspecified atom stereocenters. The Bertz CT molecular complexity index is 358.